The van der Waals surface area contributed by atoms with E-state index >= 15 is 0 Å². The zero-order chi connectivity index (χ0) is 11.5. The maximum Gasteiger partial charge on any atom is 0.154 e. The van der Waals surface area contributed by atoms with Crippen LogP contribution in [0.25, 0.3) is 11.3 Å². The molecule has 2 heterocycles. The highest BCUT2D eigenvalue weighted by Gasteiger charge is 2.13. The number of aromatic nitrogens is 3. The van der Waals surface area contributed by atoms with Gasteiger partial charge in [-0.05, 0) is 6.42 Å². The Hall–Kier alpha value is -1.62. The van der Waals surface area contributed by atoms with Crippen LogP contribution in [0.4, 0.5) is 0 Å². The summed E-state index contributed by atoms with van der Waals surface area (Å²) in [6.07, 6.45) is 5.59. The molecule has 86 valence electrons. The van der Waals surface area contributed by atoms with Gasteiger partial charge in [0.2, 0.25) is 0 Å². The Bertz CT molecular complexity index is 460. The van der Waals surface area contributed by atoms with Gasteiger partial charge in [0, 0.05) is 24.9 Å². The van der Waals surface area contributed by atoms with Gasteiger partial charge >= 0.3 is 0 Å². The number of hydrogen-bond acceptors (Lipinski definition) is 4. The maximum atomic E-state index is 5.95. The van der Waals surface area contributed by atoms with Crippen LogP contribution in [0, 0.1) is 0 Å². The molecule has 5 heteroatoms. The Labute approximate surface area is 94.2 Å². The summed E-state index contributed by atoms with van der Waals surface area (Å²) in [5.74, 6) is 0.737. The van der Waals surface area contributed by atoms with Gasteiger partial charge in [-0.1, -0.05) is 18.5 Å². The quantitative estimate of drug-likeness (QED) is 0.854. The van der Waals surface area contributed by atoms with Crippen LogP contribution in [0.5, 0.6) is 0 Å². The second-order valence-electron chi connectivity index (χ2n) is 3.91. The van der Waals surface area contributed by atoms with Crippen molar-refractivity contribution < 1.29 is 4.52 Å². The van der Waals surface area contributed by atoms with Crippen LogP contribution >= 0.6 is 0 Å². The Balaban J connectivity index is 2.19. The van der Waals surface area contributed by atoms with Crippen molar-refractivity contribution in [3.8, 4) is 11.3 Å². The second kappa shape index (κ2) is 4.49. The first-order valence-electron chi connectivity index (χ1n) is 5.42. The van der Waals surface area contributed by atoms with Gasteiger partial charge in [0.1, 0.15) is 5.69 Å². The molecule has 0 saturated heterocycles. The monoisotopic (exact) mass is 220 g/mol. The molecule has 0 bridgehead atoms. The number of rotatable bonds is 4. The third-order valence-electron chi connectivity index (χ3n) is 2.49. The zero-order valence-electron chi connectivity index (χ0n) is 9.55. The molecule has 0 aliphatic rings. The third kappa shape index (κ3) is 2.14. The fourth-order valence-corrected chi connectivity index (χ4v) is 1.61. The van der Waals surface area contributed by atoms with E-state index in [4.69, 9.17) is 10.3 Å². The van der Waals surface area contributed by atoms with Crippen molar-refractivity contribution in [1.29, 1.82) is 0 Å². The molecule has 0 amide bonds. The molecule has 2 aromatic rings. The lowest BCUT2D eigenvalue weighted by molar-refractivity contribution is 0.356. The SMILES string of the molecule is CCCC(N)c1cc(-c2cnn(C)c2)no1. The summed E-state index contributed by atoms with van der Waals surface area (Å²) >= 11 is 0. The van der Waals surface area contributed by atoms with Gasteiger partial charge in [-0.25, -0.2) is 0 Å². The van der Waals surface area contributed by atoms with Crippen LogP contribution in [0.1, 0.15) is 31.6 Å². The number of aryl methyl sites for hydroxylation is 1. The largest absolute Gasteiger partial charge is 0.359 e. The minimum atomic E-state index is -0.0667. The molecule has 0 aromatic carbocycles. The van der Waals surface area contributed by atoms with Crippen molar-refractivity contribution in [3.05, 3.63) is 24.2 Å². The molecule has 0 radical (unpaired) electrons. The molecule has 2 rings (SSSR count). The summed E-state index contributed by atoms with van der Waals surface area (Å²) in [7, 11) is 1.87. The molecule has 0 aliphatic heterocycles. The maximum absolute atomic E-state index is 5.95. The summed E-state index contributed by atoms with van der Waals surface area (Å²) < 4.78 is 6.96. The van der Waals surface area contributed by atoms with Crippen LogP contribution < -0.4 is 5.73 Å². The van der Waals surface area contributed by atoms with Crippen molar-refractivity contribution in [2.75, 3.05) is 0 Å². The minimum absolute atomic E-state index is 0.0667. The van der Waals surface area contributed by atoms with Crippen molar-refractivity contribution in [2.45, 2.75) is 25.8 Å². The van der Waals surface area contributed by atoms with Gasteiger partial charge in [0.25, 0.3) is 0 Å². The first-order chi connectivity index (χ1) is 7.70. The Morgan fingerprint density at radius 2 is 2.38 bits per heavy atom. The topological polar surface area (TPSA) is 69.9 Å². The number of nitrogens with zero attached hydrogens (tertiary/aromatic N) is 3. The van der Waals surface area contributed by atoms with Gasteiger partial charge in [-0.15, -0.1) is 0 Å². The molecular formula is C11H16N4O. The fourth-order valence-electron chi connectivity index (χ4n) is 1.61. The van der Waals surface area contributed by atoms with E-state index in [1.54, 1.807) is 10.9 Å². The lowest BCUT2D eigenvalue weighted by Gasteiger charge is -2.03. The summed E-state index contributed by atoms with van der Waals surface area (Å²) in [5.41, 5.74) is 7.68. The van der Waals surface area contributed by atoms with Crippen LogP contribution in [0.2, 0.25) is 0 Å². The number of nitrogens with two attached hydrogens (primary N) is 1. The smallest absolute Gasteiger partial charge is 0.154 e. The average Bonchev–Trinajstić information content (AvgIpc) is 2.85. The van der Waals surface area contributed by atoms with Crippen LogP contribution in [-0.4, -0.2) is 14.9 Å². The Morgan fingerprint density at radius 3 is 3.00 bits per heavy atom. The second-order valence-corrected chi connectivity index (χ2v) is 3.91. The lowest BCUT2D eigenvalue weighted by atomic mass is 10.1. The Kier molecular flexibility index (Phi) is 3.05. The van der Waals surface area contributed by atoms with Gasteiger partial charge in [-0.3, -0.25) is 4.68 Å². The molecule has 0 aliphatic carbocycles. The summed E-state index contributed by atoms with van der Waals surface area (Å²) in [6, 6.07) is 1.82. The molecule has 1 unspecified atom stereocenters. The van der Waals surface area contributed by atoms with E-state index in [0.717, 1.165) is 29.9 Å². The lowest BCUT2D eigenvalue weighted by Crippen LogP contribution is -2.08. The summed E-state index contributed by atoms with van der Waals surface area (Å²) in [5, 5.41) is 8.08. The first kappa shape index (κ1) is 10.9. The molecule has 1 atom stereocenters. The van der Waals surface area contributed by atoms with Crippen LogP contribution in [0.15, 0.2) is 23.0 Å². The normalized spacial score (nSPS) is 12.9. The van der Waals surface area contributed by atoms with Crippen molar-refractivity contribution in [3.63, 3.8) is 0 Å². The summed E-state index contributed by atoms with van der Waals surface area (Å²) in [6.45, 7) is 2.10. The first-order valence-corrected chi connectivity index (χ1v) is 5.42. The molecule has 2 N–H and O–H groups in total. The van der Waals surface area contributed by atoms with Crippen molar-refractivity contribution in [1.82, 2.24) is 14.9 Å². The van der Waals surface area contributed by atoms with Gasteiger partial charge in [0.05, 0.1) is 12.2 Å². The highest BCUT2D eigenvalue weighted by molar-refractivity contribution is 5.56. The van der Waals surface area contributed by atoms with Crippen molar-refractivity contribution in [2.24, 2.45) is 12.8 Å². The molecule has 16 heavy (non-hydrogen) atoms. The molecule has 2 aromatic heterocycles. The van der Waals surface area contributed by atoms with Gasteiger partial charge < -0.3 is 10.3 Å². The van der Waals surface area contributed by atoms with Crippen LogP contribution in [-0.2, 0) is 7.05 Å². The summed E-state index contributed by atoms with van der Waals surface area (Å²) in [4.78, 5) is 0. The van der Waals surface area contributed by atoms with Gasteiger partial charge in [0.15, 0.2) is 5.76 Å². The van der Waals surface area contributed by atoms with E-state index in [1.807, 2.05) is 19.3 Å². The minimum Gasteiger partial charge on any atom is -0.359 e. The highest BCUT2D eigenvalue weighted by atomic mass is 16.5. The standard InChI is InChI=1S/C11H16N4O/c1-3-4-9(12)11-5-10(14-16-11)8-6-13-15(2)7-8/h5-7,9H,3-4,12H2,1-2H3. The number of hydrogen-bond donors (Lipinski definition) is 1. The Morgan fingerprint density at radius 1 is 1.56 bits per heavy atom. The average molecular weight is 220 g/mol. The third-order valence-corrected chi connectivity index (χ3v) is 2.49. The molecule has 5 nitrogen and oxygen atoms in total. The van der Waals surface area contributed by atoms with E-state index in [9.17, 15) is 0 Å². The van der Waals surface area contributed by atoms with Crippen LogP contribution in [0.3, 0.4) is 0 Å². The predicted octanol–water partition coefficient (Wildman–Crippen LogP) is 1.88. The zero-order valence-corrected chi connectivity index (χ0v) is 9.55. The molecule has 0 spiro atoms. The van der Waals surface area contributed by atoms with E-state index in [-0.39, 0.29) is 6.04 Å². The highest BCUT2D eigenvalue weighted by Crippen LogP contribution is 2.22. The van der Waals surface area contributed by atoms with E-state index in [0.29, 0.717) is 0 Å². The van der Waals surface area contributed by atoms with Crippen molar-refractivity contribution >= 4 is 0 Å². The molecule has 0 fully saturated rings. The molecular weight excluding hydrogens is 204 g/mol. The molecule has 0 saturated carbocycles. The predicted molar refractivity (Wildman–Crippen MR) is 60.5 cm³/mol. The van der Waals surface area contributed by atoms with E-state index in [2.05, 4.69) is 17.2 Å². The van der Waals surface area contributed by atoms with E-state index in [1.165, 1.54) is 0 Å². The fraction of sp³-hybridized carbons (Fsp3) is 0.455. The van der Waals surface area contributed by atoms with E-state index < -0.39 is 0 Å². The van der Waals surface area contributed by atoms with Gasteiger partial charge in [-0.2, -0.15) is 5.10 Å².